The third-order valence-electron chi connectivity index (χ3n) is 4.73. The number of hydrogen-bond acceptors (Lipinski definition) is 5. The van der Waals surface area contributed by atoms with Crippen molar-refractivity contribution in [2.75, 3.05) is 13.7 Å². The highest BCUT2D eigenvalue weighted by Crippen LogP contribution is 2.25. The topological polar surface area (TPSA) is 72.6 Å². The number of benzene rings is 2. The van der Waals surface area contributed by atoms with Gasteiger partial charge in [-0.25, -0.2) is 9.78 Å². The number of ether oxygens (including phenoxy) is 1. The van der Waals surface area contributed by atoms with Crippen LogP contribution < -0.4 is 0 Å². The summed E-state index contributed by atoms with van der Waals surface area (Å²) in [6.45, 7) is -0.0485. The van der Waals surface area contributed by atoms with Crippen molar-refractivity contribution in [1.29, 1.82) is 0 Å². The van der Waals surface area contributed by atoms with Crippen LogP contribution in [0.3, 0.4) is 0 Å². The third kappa shape index (κ3) is 4.22. The van der Waals surface area contributed by atoms with E-state index >= 15 is 0 Å². The first-order valence-electron chi connectivity index (χ1n) is 9.50. The monoisotopic (exact) mass is 400 g/mol. The van der Waals surface area contributed by atoms with Crippen molar-refractivity contribution >= 4 is 22.8 Å². The SMILES string of the molecule is CN(Cc1ccco1)C(=O)COC(=O)c1cc(-c2ccccc2)nc2ccccc12. The average molecular weight is 400 g/mol. The van der Waals surface area contributed by atoms with E-state index in [9.17, 15) is 9.59 Å². The zero-order valence-corrected chi connectivity index (χ0v) is 16.4. The second kappa shape index (κ2) is 8.61. The lowest BCUT2D eigenvalue weighted by atomic mass is 10.0. The first-order valence-corrected chi connectivity index (χ1v) is 9.50. The summed E-state index contributed by atoms with van der Waals surface area (Å²) in [5.74, 6) is -0.225. The Hall–Kier alpha value is -3.93. The molecule has 0 N–H and O–H groups in total. The Morgan fingerprint density at radius 1 is 1.00 bits per heavy atom. The van der Waals surface area contributed by atoms with Gasteiger partial charge in [-0.3, -0.25) is 4.79 Å². The summed E-state index contributed by atoms with van der Waals surface area (Å²) in [4.78, 5) is 31.3. The summed E-state index contributed by atoms with van der Waals surface area (Å²) in [5, 5.41) is 0.679. The summed E-state index contributed by atoms with van der Waals surface area (Å²) in [6.07, 6.45) is 1.55. The van der Waals surface area contributed by atoms with Crippen LogP contribution >= 0.6 is 0 Å². The van der Waals surface area contributed by atoms with E-state index in [4.69, 9.17) is 9.15 Å². The normalized spacial score (nSPS) is 10.7. The number of hydrogen-bond donors (Lipinski definition) is 0. The van der Waals surface area contributed by atoms with Crippen molar-refractivity contribution in [2.45, 2.75) is 6.54 Å². The highest BCUT2D eigenvalue weighted by atomic mass is 16.5. The largest absolute Gasteiger partial charge is 0.467 e. The first kappa shape index (κ1) is 19.4. The first-order chi connectivity index (χ1) is 14.6. The Balaban J connectivity index is 1.54. The van der Waals surface area contributed by atoms with Gasteiger partial charge in [0.05, 0.1) is 29.6 Å². The number of carbonyl (C=O) groups is 2. The Bertz CT molecular complexity index is 1170. The van der Waals surface area contributed by atoms with Crippen molar-refractivity contribution < 1.29 is 18.7 Å². The molecule has 0 fully saturated rings. The summed E-state index contributed by atoms with van der Waals surface area (Å²) < 4.78 is 10.6. The minimum absolute atomic E-state index is 0.305. The maximum atomic E-state index is 12.8. The molecule has 4 aromatic rings. The molecule has 2 aromatic heterocycles. The molecule has 0 saturated carbocycles. The van der Waals surface area contributed by atoms with Crippen molar-refractivity contribution in [3.63, 3.8) is 0 Å². The summed E-state index contributed by atoms with van der Waals surface area (Å²) >= 11 is 0. The van der Waals surface area contributed by atoms with Crippen LogP contribution in [0, 0.1) is 0 Å². The van der Waals surface area contributed by atoms with Gasteiger partial charge in [0.15, 0.2) is 6.61 Å². The Morgan fingerprint density at radius 2 is 1.77 bits per heavy atom. The molecule has 0 spiro atoms. The predicted molar refractivity (Wildman–Crippen MR) is 113 cm³/mol. The smallest absolute Gasteiger partial charge is 0.339 e. The summed E-state index contributed by atoms with van der Waals surface area (Å²) in [6, 6.07) is 22.2. The van der Waals surface area contributed by atoms with Crippen LogP contribution in [0.15, 0.2) is 83.5 Å². The van der Waals surface area contributed by atoms with E-state index in [0.29, 0.717) is 34.5 Å². The van der Waals surface area contributed by atoms with Gasteiger partial charge in [0, 0.05) is 18.0 Å². The van der Waals surface area contributed by atoms with Gasteiger partial charge < -0.3 is 14.1 Å². The molecule has 0 unspecified atom stereocenters. The quantitative estimate of drug-likeness (QED) is 0.451. The lowest BCUT2D eigenvalue weighted by molar-refractivity contribution is -0.133. The highest BCUT2D eigenvalue weighted by Gasteiger charge is 2.18. The third-order valence-corrected chi connectivity index (χ3v) is 4.73. The van der Waals surface area contributed by atoms with Crippen LogP contribution in [0.2, 0.25) is 0 Å². The molecular formula is C24H20N2O4. The average Bonchev–Trinajstić information content (AvgIpc) is 3.30. The molecular weight excluding hydrogens is 380 g/mol. The van der Waals surface area contributed by atoms with Crippen LogP contribution in [0.25, 0.3) is 22.2 Å². The standard InChI is InChI=1S/C24H20N2O4/c1-26(15-18-10-7-13-29-18)23(27)16-30-24(28)20-14-22(17-8-3-2-4-9-17)25-21-12-6-5-11-19(20)21/h2-14H,15-16H2,1H3. The molecule has 4 rings (SSSR count). The fourth-order valence-electron chi connectivity index (χ4n) is 3.14. The number of esters is 1. The van der Waals surface area contributed by atoms with Gasteiger partial charge in [0.1, 0.15) is 5.76 Å². The predicted octanol–water partition coefficient (Wildman–Crippen LogP) is 4.31. The molecule has 0 bridgehead atoms. The van der Waals surface area contributed by atoms with Gasteiger partial charge in [-0.1, -0.05) is 48.5 Å². The van der Waals surface area contributed by atoms with Gasteiger partial charge in [0.2, 0.25) is 0 Å². The molecule has 6 nitrogen and oxygen atoms in total. The Labute approximate surface area is 173 Å². The minimum Gasteiger partial charge on any atom is -0.467 e. The molecule has 0 aliphatic carbocycles. The molecule has 30 heavy (non-hydrogen) atoms. The number of para-hydroxylation sites is 1. The van der Waals surface area contributed by atoms with Crippen LogP contribution in [0.1, 0.15) is 16.1 Å². The molecule has 150 valence electrons. The number of likely N-dealkylation sites (N-methyl/N-ethyl adjacent to an activating group) is 1. The lowest BCUT2D eigenvalue weighted by Crippen LogP contribution is -2.30. The number of fused-ring (bicyclic) bond motifs is 1. The van der Waals surface area contributed by atoms with Gasteiger partial charge in [-0.2, -0.15) is 0 Å². The van der Waals surface area contributed by atoms with Crippen molar-refractivity contribution in [3.05, 3.63) is 90.4 Å². The van der Waals surface area contributed by atoms with Crippen LogP contribution in [0.4, 0.5) is 0 Å². The fraction of sp³-hybridized carbons (Fsp3) is 0.125. The highest BCUT2D eigenvalue weighted by molar-refractivity contribution is 6.05. The van der Waals surface area contributed by atoms with E-state index in [1.54, 1.807) is 31.5 Å². The number of amides is 1. The number of pyridine rings is 1. The van der Waals surface area contributed by atoms with Gasteiger partial charge in [-0.15, -0.1) is 0 Å². The Kier molecular flexibility index (Phi) is 5.57. The van der Waals surface area contributed by atoms with E-state index < -0.39 is 5.97 Å². The zero-order valence-electron chi connectivity index (χ0n) is 16.4. The molecule has 2 aromatic carbocycles. The second-order valence-electron chi connectivity index (χ2n) is 6.84. The molecule has 0 saturated heterocycles. The number of furan rings is 1. The van der Waals surface area contributed by atoms with Gasteiger partial charge in [0.25, 0.3) is 5.91 Å². The maximum absolute atomic E-state index is 12.8. The number of aromatic nitrogens is 1. The molecule has 6 heteroatoms. The Morgan fingerprint density at radius 3 is 2.53 bits per heavy atom. The van der Waals surface area contributed by atoms with Crippen LogP contribution in [0.5, 0.6) is 0 Å². The zero-order chi connectivity index (χ0) is 20.9. The molecule has 0 aliphatic rings. The van der Waals surface area contributed by atoms with Gasteiger partial charge in [-0.05, 0) is 24.3 Å². The van der Waals surface area contributed by atoms with E-state index in [1.165, 1.54) is 4.90 Å². The lowest BCUT2D eigenvalue weighted by Gasteiger charge is -2.16. The van der Waals surface area contributed by atoms with E-state index in [-0.39, 0.29) is 12.5 Å². The van der Waals surface area contributed by atoms with E-state index in [0.717, 1.165) is 5.56 Å². The number of carbonyl (C=O) groups excluding carboxylic acids is 2. The van der Waals surface area contributed by atoms with Crippen molar-refractivity contribution in [3.8, 4) is 11.3 Å². The molecule has 1 amide bonds. The van der Waals surface area contributed by atoms with E-state index in [1.807, 2.05) is 54.6 Å². The molecule has 0 radical (unpaired) electrons. The minimum atomic E-state index is -0.564. The molecule has 0 aliphatic heterocycles. The summed E-state index contributed by atoms with van der Waals surface area (Å²) in [5.41, 5.74) is 2.63. The van der Waals surface area contributed by atoms with Crippen LogP contribution in [-0.2, 0) is 16.1 Å². The number of nitrogens with zero attached hydrogens (tertiary/aromatic N) is 2. The second-order valence-corrected chi connectivity index (χ2v) is 6.84. The van der Waals surface area contributed by atoms with Crippen LogP contribution in [-0.4, -0.2) is 35.4 Å². The molecule has 0 atom stereocenters. The van der Waals surface area contributed by atoms with Gasteiger partial charge >= 0.3 is 5.97 Å². The van der Waals surface area contributed by atoms with Crippen molar-refractivity contribution in [1.82, 2.24) is 9.88 Å². The fourth-order valence-corrected chi connectivity index (χ4v) is 3.14. The van der Waals surface area contributed by atoms with Crippen molar-refractivity contribution in [2.24, 2.45) is 0 Å². The number of rotatable bonds is 6. The molecule has 2 heterocycles. The van der Waals surface area contributed by atoms with E-state index in [2.05, 4.69) is 4.98 Å². The maximum Gasteiger partial charge on any atom is 0.339 e. The summed E-state index contributed by atoms with van der Waals surface area (Å²) in [7, 11) is 1.63.